The van der Waals surface area contributed by atoms with Gasteiger partial charge in [-0.2, -0.15) is 11.8 Å². The molecule has 3 N–H and O–H groups in total. The molecule has 2 aromatic rings. The van der Waals surface area contributed by atoms with Crippen molar-refractivity contribution in [3.8, 4) is 0 Å². The first kappa shape index (κ1) is 31.8. The maximum Gasteiger partial charge on any atom is 0.327 e. The van der Waals surface area contributed by atoms with Gasteiger partial charge in [0.2, 0.25) is 5.91 Å². The number of nitrogens with zero attached hydrogens (tertiary/aromatic N) is 1. The summed E-state index contributed by atoms with van der Waals surface area (Å²) in [5.74, 6) is -2.11. The second kappa shape index (κ2) is 13.9. The fourth-order valence-corrected chi connectivity index (χ4v) is 6.87. The predicted octanol–water partition coefficient (Wildman–Crippen LogP) is 2.02. The van der Waals surface area contributed by atoms with Crippen molar-refractivity contribution in [2.75, 3.05) is 24.6 Å². The highest BCUT2D eigenvalue weighted by molar-refractivity contribution is 8.14. The van der Waals surface area contributed by atoms with Crippen molar-refractivity contribution in [1.29, 1.82) is 0 Å². The van der Waals surface area contributed by atoms with E-state index in [1.807, 2.05) is 0 Å². The molecule has 0 bridgehead atoms. The number of hydrogen-bond donors (Lipinski definition) is 3. The topological polar surface area (TPSA) is 191 Å². The van der Waals surface area contributed by atoms with Gasteiger partial charge in [-0.25, -0.2) is 0 Å². The van der Waals surface area contributed by atoms with Crippen LogP contribution in [0.3, 0.4) is 0 Å². The van der Waals surface area contributed by atoms with Crippen LogP contribution in [0.25, 0.3) is 0 Å². The number of rotatable bonds is 13. The normalized spacial score (nSPS) is 19.0. The Kier molecular flexibility index (Phi) is 10.3. The Labute approximate surface area is 254 Å². The zero-order valence-electron chi connectivity index (χ0n) is 23.0. The zero-order chi connectivity index (χ0) is 31.1. The zero-order valence-corrected chi connectivity index (χ0v) is 24.6. The van der Waals surface area contributed by atoms with Gasteiger partial charge in [-0.15, -0.1) is 0 Å². The molecule has 0 unspecified atom stereocenters. The molecule has 2 aliphatic heterocycles. The number of esters is 1. The average Bonchev–Trinajstić information content (AvgIpc) is 3.52. The third-order valence-electron chi connectivity index (χ3n) is 6.82. The molecule has 13 nitrogen and oxygen atoms in total. The molecule has 1 saturated heterocycles. The Balaban J connectivity index is 1.28. The van der Waals surface area contributed by atoms with E-state index in [2.05, 4.69) is 16.0 Å². The Morgan fingerprint density at radius 3 is 2.56 bits per heavy atom. The molecule has 2 heterocycles. The van der Waals surface area contributed by atoms with Crippen LogP contribution in [-0.4, -0.2) is 74.9 Å². The second-order valence-corrected chi connectivity index (χ2v) is 12.5. The quantitative estimate of drug-likeness (QED) is 0.0732. The summed E-state index contributed by atoms with van der Waals surface area (Å²) in [7, 11) is 0. The Morgan fingerprint density at radius 1 is 1.12 bits per heavy atom. The molecule has 0 aliphatic carbocycles. The lowest BCUT2D eigenvalue weighted by molar-refractivity contribution is -0.384. The number of fused-ring (bicyclic) bond motifs is 1. The third-order valence-corrected chi connectivity index (χ3v) is 9.00. The number of hydrogen-bond acceptors (Lipinski definition) is 12. The summed E-state index contributed by atoms with van der Waals surface area (Å²) >= 11 is 2.47. The maximum absolute atomic E-state index is 13.2. The fraction of sp³-hybridized carbons (Fsp3) is 0.357. The lowest BCUT2D eigenvalue weighted by Gasteiger charge is -2.27. The smallest absolute Gasteiger partial charge is 0.327 e. The summed E-state index contributed by atoms with van der Waals surface area (Å²) in [6.07, 6.45) is 0.380. The summed E-state index contributed by atoms with van der Waals surface area (Å²) in [4.78, 5) is 84.3. The fourth-order valence-electron chi connectivity index (χ4n) is 4.71. The van der Waals surface area contributed by atoms with E-state index in [-0.39, 0.29) is 58.1 Å². The summed E-state index contributed by atoms with van der Waals surface area (Å²) in [6, 6.07) is 10.0. The summed E-state index contributed by atoms with van der Waals surface area (Å²) in [6.45, 7) is 1.42. The number of amides is 3. The molecule has 0 saturated carbocycles. The third kappa shape index (κ3) is 7.86. The molecule has 0 radical (unpaired) electrons. The van der Waals surface area contributed by atoms with Crippen LogP contribution in [0.1, 0.15) is 56.4 Å². The highest BCUT2D eigenvalue weighted by Gasteiger charge is 2.47. The van der Waals surface area contributed by atoms with Crippen molar-refractivity contribution < 1.29 is 38.4 Å². The lowest BCUT2D eigenvalue weighted by atomic mass is 9.99. The Morgan fingerprint density at radius 2 is 1.86 bits per heavy atom. The number of nitro groups is 1. The van der Waals surface area contributed by atoms with Gasteiger partial charge in [0.15, 0.2) is 10.9 Å². The number of nitro benzene ring substituents is 1. The van der Waals surface area contributed by atoms with Crippen LogP contribution in [0, 0.1) is 10.1 Å². The van der Waals surface area contributed by atoms with E-state index in [4.69, 9.17) is 4.74 Å². The highest BCUT2D eigenvalue weighted by Crippen LogP contribution is 2.33. The molecule has 15 heteroatoms. The van der Waals surface area contributed by atoms with Crippen LogP contribution in [-0.2, 0) is 25.7 Å². The Bertz CT molecular complexity index is 1480. The first-order chi connectivity index (χ1) is 20.5. The number of carbonyl (C=O) groups is 6. The molecule has 4 rings (SSSR count). The number of imide groups is 1. The van der Waals surface area contributed by atoms with Crippen molar-refractivity contribution in [3.05, 3.63) is 74.8 Å². The van der Waals surface area contributed by atoms with Gasteiger partial charge < -0.3 is 15.4 Å². The van der Waals surface area contributed by atoms with Gasteiger partial charge in [-0.3, -0.25) is 44.2 Å². The number of ether oxygens (including phenoxy) is 1. The van der Waals surface area contributed by atoms with Gasteiger partial charge in [-0.1, -0.05) is 23.9 Å². The number of Topliss-reactive ketones (excluding diaryl/α,β-unsaturated/α-hetero) is 1. The molecule has 0 aromatic heterocycles. The highest BCUT2D eigenvalue weighted by atomic mass is 32.2. The number of nitrogens with one attached hydrogen (secondary N) is 3. The number of non-ortho nitro benzene ring substituents is 1. The van der Waals surface area contributed by atoms with Crippen LogP contribution in [0.15, 0.2) is 42.5 Å². The average molecular weight is 629 g/mol. The van der Waals surface area contributed by atoms with Gasteiger partial charge in [0.25, 0.3) is 17.5 Å². The predicted molar refractivity (Wildman–Crippen MR) is 158 cm³/mol. The number of benzene rings is 2. The molecule has 43 heavy (non-hydrogen) atoms. The van der Waals surface area contributed by atoms with E-state index in [9.17, 15) is 38.9 Å². The second-order valence-electron chi connectivity index (χ2n) is 9.91. The first-order valence-electron chi connectivity index (χ1n) is 13.2. The molecular formula is C28H28N4O9S2. The molecule has 0 spiro atoms. The molecule has 2 aliphatic rings. The van der Waals surface area contributed by atoms with E-state index < -0.39 is 39.9 Å². The lowest BCUT2D eigenvalue weighted by Crippen LogP contribution is -2.51. The van der Waals surface area contributed by atoms with E-state index in [1.54, 1.807) is 0 Å². The van der Waals surface area contributed by atoms with Gasteiger partial charge in [0, 0.05) is 54.3 Å². The molecule has 3 amide bonds. The van der Waals surface area contributed by atoms with Crippen LogP contribution >= 0.6 is 23.5 Å². The van der Waals surface area contributed by atoms with E-state index in [0.29, 0.717) is 24.3 Å². The van der Waals surface area contributed by atoms with E-state index in [0.717, 1.165) is 11.8 Å². The minimum Gasteiger partial charge on any atom is -0.459 e. The number of thioether (sulfide) groups is 2. The molecule has 2 aromatic carbocycles. The number of carbonyl (C=O) groups excluding carboxylic acids is 6. The van der Waals surface area contributed by atoms with Crippen LogP contribution in [0.5, 0.6) is 0 Å². The van der Waals surface area contributed by atoms with Gasteiger partial charge in [0.1, 0.15) is 12.1 Å². The van der Waals surface area contributed by atoms with Crippen LogP contribution in [0.2, 0.25) is 0 Å². The van der Waals surface area contributed by atoms with Gasteiger partial charge in [0.05, 0.1) is 22.6 Å². The van der Waals surface area contributed by atoms with Crippen molar-refractivity contribution in [3.63, 3.8) is 0 Å². The van der Waals surface area contributed by atoms with Crippen molar-refractivity contribution >= 4 is 63.8 Å². The minimum atomic E-state index is -1.10. The van der Waals surface area contributed by atoms with Crippen molar-refractivity contribution in [2.45, 2.75) is 37.2 Å². The van der Waals surface area contributed by atoms with Crippen LogP contribution in [0.4, 0.5) is 5.69 Å². The first-order valence-corrected chi connectivity index (χ1v) is 15.2. The maximum atomic E-state index is 13.2. The minimum absolute atomic E-state index is 0.00151. The molecule has 226 valence electrons. The molecule has 1 fully saturated rings. The summed E-state index contributed by atoms with van der Waals surface area (Å²) < 4.78 is 5.55. The summed E-state index contributed by atoms with van der Waals surface area (Å²) in [5.41, 5.74) is -0.438. The number of ketones is 1. The van der Waals surface area contributed by atoms with Crippen molar-refractivity contribution in [2.24, 2.45) is 0 Å². The Hall–Kier alpha value is -4.08. The van der Waals surface area contributed by atoms with Crippen molar-refractivity contribution in [1.82, 2.24) is 16.0 Å². The summed E-state index contributed by atoms with van der Waals surface area (Å²) in [5, 5.41) is 18.5. The van der Waals surface area contributed by atoms with Gasteiger partial charge in [-0.05, 0) is 30.2 Å². The van der Waals surface area contributed by atoms with Crippen LogP contribution < -0.4 is 16.0 Å². The van der Waals surface area contributed by atoms with E-state index >= 15 is 0 Å². The van der Waals surface area contributed by atoms with E-state index in [1.165, 1.54) is 61.2 Å². The SMILES string of the molecule is CC(=O)S[C@H]1CN[C@](CSCCC(=O)NCC(=O)c2cccc3c2C(=O)NC3=O)(C(=O)OCc2ccc([N+](=O)[O-])cc2)C1. The molecule has 2 atom stereocenters. The standard InChI is InChI=1S/C28H28N4O9S2/c1-16(33)43-19-11-28(30-12-19,27(38)41-14-17-5-7-18(8-6-17)32(39)40)15-42-10-9-23(35)29-13-22(34)20-3-2-4-21-24(20)26(37)31-25(21)36/h2-8,19,30H,9-15H2,1H3,(H,29,35)(H,31,36,37)/t19-,28-/m1/s1. The largest absolute Gasteiger partial charge is 0.459 e. The van der Waals surface area contributed by atoms with Gasteiger partial charge >= 0.3 is 5.97 Å². The monoisotopic (exact) mass is 628 g/mol. The molecular weight excluding hydrogens is 600 g/mol.